The zero-order valence-corrected chi connectivity index (χ0v) is 15.3. The van der Waals surface area contributed by atoms with Crippen molar-refractivity contribution in [1.29, 1.82) is 0 Å². The summed E-state index contributed by atoms with van der Waals surface area (Å²) in [6.07, 6.45) is 9.73. The summed E-state index contributed by atoms with van der Waals surface area (Å²) in [6, 6.07) is 0. The van der Waals surface area contributed by atoms with Crippen LogP contribution in [0.1, 0.15) is 78.1 Å². The van der Waals surface area contributed by atoms with Crippen LogP contribution in [0.15, 0.2) is 0 Å². The number of esters is 2. The van der Waals surface area contributed by atoms with Gasteiger partial charge in [0.25, 0.3) is 0 Å². The molecular formula is C20H32O4. The van der Waals surface area contributed by atoms with Crippen molar-refractivity contribution in [3.05, 3.63) is 0 Å². The predicted octanol–water partition coefficient (Wildman–Crippen LogP) is 4.26. The molecule has 4 bridgehead atoms. The van der Waals surface area contributed by atoms with Gasteiger partial charge in [-0.05, 0) is 74.0 Å². The van der Waals surface area contributed by atoms with Crippen LogP contribution in [0, 0.1) is 22.7 Å². The molecule has 0 unspecified atom stereocenters. The van der Waals surface area contributed by atoms with E-state index in [2.05, 4.69) is 0 Å². The molecule has 0 radical (unpaired) electrons. The minimum atomic E-state index is -0.0393. The highest BCUT2D eigenvalue weighted by atomic mass is 16.5. The Morgan fingerprint density at radius 3 is 1.62 bits per heavy atom. The first-order valence-corrected chi connectivity index (χ1v) is 9.79. The molecule has 24 heavy (non-hydrogen) atoms. The fraction of sp³-hybridized carbons (Fsp3) is 0.900. The smallest absolute Gasteiger partial charge is 0.306 e. The summed E-state index contributed by atoms with van der Waals surface area (Å²) in [6.45, 7) is 5.09. The summed E-state index contributed by atoms with van der Waals surface area (Å²) >= 11 is 0. The molecule has 0 N–H and O–H groups in total. The van der Waals surface area contributed by atoms with Gasteiger partial charge in [0.1, 0.15) is 0 Å². The lowest BCUT2D eigenvalue weighted by Crippen LogP contribution is -2.53. The molecule has 0 aliphatic heterocycles. The average molecular weight is 336 g/mol. The molecule has 4 saturated carbocycles. The predicted molar refractivity (Wildman–Crippen MR) is 91.3 cm³/mol. The van der Waals surface area contributed by atoms with E-state index >= 15 is 0 Å². The minimum Gasteiger partial charge on any atom is -0.466 e. The van der Waals surface area contributed by atoms with E-state index in [1.807, 2.05) is 13.8 Å². The topological polar surface area (TPSA) is 52.6 Å². The van der Waals surface area contributed by atoms with Gasteiger partial charge in [0.15, 0.2) is 0 Å². The van der Waals surface area contributed by atoms with E-state index in [1.165, 1.54) is 6.42 Å². The Hall–Kier alpha value is -1.06. The van der Waals surface area contributed by atoms with Crippen LogP contribution in [0.4, 0.5) is 0 Å². The lowest BCUT2D eigenvalue weighted by atomic mass is 9.43. The van der Waals surface area contributed by atoms with E-state index in [4.69, 9.17) is 9.47 Å². The summed E-state index contributed by atoms with van der Waals surface area (Å²) in [7, 11) is 0. The fourth-order valence-electron chi connectivity index (χ4n) is 6.21. The molecule has 0 aromatic carbocycles. The highest BCUT2D eigenvalue weighted by molar-refractivity contribution is 5.71. The number of rotatable bonds is 8. The average Bonchev–Trinajstić information content (AvgIpc) is 2.48. The Morgan fingerprint density at radius 2 is 1.25 bits per heavy atom. The highest BCUT2D eigenvalue weighted by Gasteiger charge is 2.58. The van der Waals surface area contributed by atoms with Crippen LogP contribution >= 0.6 is 0 Å². The standard InChI is InChI=1S/C20H32O4/c1-3-5-23-17(21)12-19-8-15-7-16(9-19)11-20(10-15,14-19)13-18(22)24-6-4-2/h15-16H,3-14H2,1-2H3. The van der Waals surface area contributed by atoms with Gasteiger partial charge in [-0.3, -0.25) is 9.59 Å². The highest BCUT2D eigenvalue weighted by Crippen LogP contribution is 2.67. The molecule has 0 spiro atoms. The van der Waals surface area contributed by atoms with Crippen molar-refractivity contribution in [3.63, 3.8) is 0 Å². The summed E-state index contributed by atoms with van der Waals surface area (Å²) in [5.41, 5.74) is 0.167. The third-order valence-electron chi connectivity index (χ3n) is 6.28. The van der Waals surface area contributed by atoms with Crippen molar-refractivity contribution in [3.8, 4) is 0 Å². The zero-order chi connectivity index (χ0) is 17.2. The Morgan fingerprint density at radius 1 is 0.833 bits per heavy atom. The monoisotopic (exact) mass is 336 g/mol. The first kappa shape index (κ1) is 17.8. The molecule has 0 heterocycles. The van der Waals surface area contributed by atoms with Gasteiger partial charge in [-0.15, -0.1) is 0 Å². The first-order valence-electron chi connectivity index (χ1n) is 9.79. The third kappa shape index (κ3) is 3.78. The maximum Gasteiger partial charge on any atom is 0.306 e. The normalized spacial score (nSPS) is 36.6. The lowest BCUT2D eigenvalue weighted by molar-refractivity contribution is -0.165. The molecular weight excluding hydrogens is 304 g/mol. The molecule has 4 aliphatic carbocycles. The van der Waals surface area contributed by atoms with E-state index in [-0.39, 0.29) is 22.8 Å². The van der Waals surface area contributed by atoms with E-state index in [1.54, 1.807) is 0 Å². The van der Waals surface area contributed by atoms with Gasteiger partial charge in [0.2, 0.25) is 0 Å². The SMILES string of the molecule is CCCOC(=O)CC12CC3CC(C1)CC(CC(=O)OCCC)(C3)C2. The Bertz CT molecular complexity index is 430. The number of ether oxygens (including phenoxy) is 2. The van der Waals surface area contributed by atoms with Crippen LogP contribution in [0.5, 0.6) is 0 Å². The molecule has 0 aromatic heterocycles. The van der Waals surface area contributed by atoms with E-state index in [9.17, 15) is 9.59 Å². The molecule has 4 fully saturated rings. The lowest BCUT2D eigenvalue weighted by Gasteiger charge is -2.62. The van der Waals surface area contributed by atoms with Crippen molar-refractivity contribution < 1.29 is 19.1 Å². The Balaban J connectivity index is 1.67. The van der Waals surface area contributed by atoms with Gasteiger partial charge < -0.3 is 9.47 Å². The molecule has 4 heteroatoms. The van der Waals surface area contributed by atoms with Crippen molar-refractivity contribution in [2.75, 3.05) is 13.2 Å². The number of hydrogen-bond donors (Lipinski definition) is 0. The first-order chi connectivity index (χ1) is 11.5. The quantitative estimate of drug-likeness (QED) is 0.622. The molecule has 136 valence electrons. The van der Waals surface area contributed by atoms with Crippen LogP contribution in [0.25, 0.3) is 0 Å². The van der Waals surface area contributed by atoms with Gasteiger partial charge >= 0.3 is 11.9 Å². The van der Waals surface area contributed by atoms with Crippen LogP contribution in [0.2, 0.25) is 0 Å². The van der Waals surface area contributed by atoms with Gasteiger partial charge in [0, 0.05) is 0 Å². The maximum atomic E-state index is 12.2. The van der Waals surface area contributed by atoms with Gasteiger partial charge in [-0.25, -0.2) is 0 Å². The second kappa shape index (κ2) is 7.05. The van der Waals surface area contributed by atoms with Crippen molar-refractivity contribution in [1.82, 2.24) is 0 Å². The zero-order valence-electron chi connectivity index (χ0n) is 15.3. The molecule has 4 aliphatic rings. The van der Waals surface area contributed by atoms with E-state index in [0.717, 1.165) is 44.9 Å². The van der Waals surface area contributed by atoms with Crippen molar-refractivity contribution in [2.45, 2.75) is 78.1 Å². The van der Waals surface area contributed by atoms with Crippen molar-refractivity contribution >= 4 is 11.9 Å². The molecule has 0 atom stereocenters. The summed E-state index contributed by atoms with van der Waals surface area (Å²) in [5.74, 6) is 1.29. The second-order valence-corrected chi connectivity index (χ2v) is 8.76. The van der Waals surface area contributed by atoms with Crippen molar-refractivity contribution in [2.24, 2.45) is 22.7 Å². The Kier molecular flexibility index (Phi) is 5.22. The molecule has 0 saturated heterocycles. The summed E-state index contributed by atoms with van der Waals surface area (Å²) in [5, 5.41) is 0. The van der Waals surface area contributed by atoms with Crippen LogP contribution < -0.4 is 0 Å². The van der Waals surface area contributed by atoms with Crippen LogP contribution in [-0.4, -0.2) is 25.2 Å². The molecule has 4 rings (SSSR count). The number of hydrogen-bond acceptors (Lipinski definition) is 4. The summed E-state index contributed by atoms with van der Waals surface area (Å²) in [4.78, 5) is 24.5. The largest absolute Gasteiger partial charge is 0.466 e. The fourth-order valence-corrected chi connectivity index (χ4v) is 6.21. The maximum absolute atomic E-state index is 12.2. The van der Waals surface area contributed by atoms with Gasteiger partial charge in [0.05, 0.1) is 26.1 Å². The molecule has 4 nitrogen and oxygen atoms in total. The second-order valence-electron chi connectivity index (χ2n) is 8.76. The third-order valence-corrected chi connectivity index (χ3v) is 6.28. The van der Waals surface area contributed by atoms with Crippen LogP contribution in [-0.2, 0) is 19.1 Å². The van der Waals surface area contributed by atoms with Gasteiger partial charge in [-0.2, -0.15) is 0 Å². The Labute approximate surface area is 145 Å². The minimum absolute atomic E-state index is 0.0393. The number of carbonyl (C=O) groups is 2. The van der Waals surface area contributed by atoms with E-state index in [0.29, 0.717) is 37.9 Å². The molecule has 0 aromatic rings. The van der Waals surface area contributed by atoms with Gasteiger partial charge in [-0.1, -0.05) is 13.8 Å². The number of carbonyl (C=O) groups excluding carboxylic acids is 2. The van der Waals surface area contributed by atoms with Crippen LogP contribution in [0.3, 0.4) is 0 Å². The summed E-state index contributed by atoms with van der Waals surface area (Å²) < 4.78 is 10.7. The molecule has 0 amide bonds. The van der Waals surface area contributed by atoms with E-state index < -0.39 is 0 Å².